The molecule has 1 N–H and O–H groups in total. The Morgan fingerprint density at radius 1 is 0.833 bits per heavy atom. The van der Waals surface area contributed by atoms with Gasteiger partial charge in [-0.2, -0.15) is 0 Å². The molecule has 0 atom stereocenters. The van der Waals surface area contributed by atoms with Crippen molar-refractivity contribution in [1.82, 2.24) is 10.3 Å². The molecule has 0 amide bonds. The summed E-state index contributed by atoms with van der Waals surface area (Å²) < 4.78 is 0. The van der Waals surface area contributed by atoms with Crippen LogP contribution in [0.1, 0.15) is 23.6 Å². The molecular formula is C15H19ClN2. The number of nitrogens with one attached hydrogen (secondary N) is 1. The minimum atomic E-state index is 0. The Labute approximate surface area is 115 Å². The van der Waals surface area contributed by atoms with Crippen molar-refractivity contribution < 1.29 is 0 Å². The number of benzene rings is 1. The van der Waals surface area contributed by atoms with Crippen LogP contribution in [-0.2, 0) is 19.5 Å². The Bertz CT molecular complexity index is 440. The lowest BCUT2D eigenvalue weighted by Gasteiger charge is -2.05. The summed E-state index contributed by atoms with van der Waals surface area (Å²) in [4.78, 5) is 4.00. The van der Waals surface area contributed by atoms with Crippen molar-refractivity contribution in [3.8, 4) is 0 Å². The fourth-order valence-electron chi connectivity index (χ4n) is 1.74. The van der Waals surface area contributed by atoms with Crippen LogP contribution in [0.3, 0.4) is 0 Å². The van der Waals surface area contributed by atoms with Crippen LogP contribution < -0.4 is 5.32 Å². The van der Waals surface area contributed by atoms with Crippen LogP contribution in [0.5, 0.6) is 0 Å². The average Bonchev–Trinajstić information content (AvgIpc) is 2.41. The molecule has 1 aromatic heterocycles. The number of pyridine rings is 1. The summed E-state index contributed by atoms with van der Waals surface area (Å²) in [5, 5.41) is 3.43. The van der Waals surface area contributed by atoms with Gasteiger partial charge in [0.1, 0.15) is 0 Å². The molecular weight excluding hydrogens is 244 g/mol. The van der Waals surface area contributed by atoms with Crippen molar-refractivity contribution in [2.75, 3.05) is 0 Å². The minimum absolute atomic E-state index is 0. The van der Waals surface area contributed by atoms with Crippen LogP contribution >= 0.6 is 12.4 Å². The highest BCUT2D eigenvalue weighted by Gasteiger charge is 1.94. The van der Waals surface area contributed by atoms with Gasteiger partial charge >= 0.3 is 0 Å². The highest BCUT2D eigenvalue weighted by Crippen LogP contribution is 2.05. The Balaban J connectivity index is 0.00000162. The van der Waals surface area contributed by atoms with Gasteiger partial charge in [-0.25, -0.2) is 0 Å². The predicted molar refractivity (Wildman–Crippen MR) is 77.8 cm³/mol. The Morgan fingerprint density at radius 2 is 1.33 bits per heavy atom. The van der Waals surface area contributed by atoms with E-state index in [9.17, 15) is 0 Å². The molecule has 1 heterocycles. The number of nitrogens with zero attached hydrogens (tertiary/aromatic N) is 1. The topological polar surface area (TPSA) is 24.9 Å². The summed E-state index contributed by atoms with van der Waals surface area (Å²) in [6.45, 7) is 3.97. The molecule has 0 saturated heterocycles. The lowest BCUT2D eigenvalue weighted by atomic mass is 10.1. The van der Waals surface area contributed by atoms with Crippen molar-refractivity contribution in [3.63, 3.8) is 0 Å². The molecule has 2 nitrogen and oxygen atoms in total. The zero-order valence-electron chi connectivity index (χ0n) is 10.6. The van der Waals surface area contributed by atoms with E-state index in [1.165, 1.54) is 16.7 Å². The van der Waals surface area contributed by atoms with Gasteiger partial charge in [0.05, 0.1) is 0 Å². The summed E-state index contributed by atoms with van der Waals surface area (Å²) in [5.41, 5.74) is 3.99. The molecule has 3 heteroatoms. The van der Waals surface area contributed by atoms with E-state index < -0.39 is 0 Å². The third kappa shape index (κ3) is 4.47. The first-order valence-corrected chi connectivity index (χ1v) is 6.06. The molecule has 2 aromatic rings. The summed E-state index contributed by atoms with van der Waals surface area (Å²) in [6, 6.07) is 12.9. The van der Waals surface area contributed by atoms with Gasteiger partial charge in [-0.3, -0.25) is 4.98 Å². The number of hydrogen-bond donors (Lipinski definition) is 1. The Kier molecular flexibility index (Phi) is 6.40. The van der Waals surface area contributed by atoms with E-state index in [-0.39, 0.29) is 12.4 Å². The molecule has 0 aliphatic heterocycles. The van der Waals surface area contributed by atoms with Crippen LogP contribution in [0.25, 0.3) is 0 Å². The van der Waals surface area contributed by atoms with Crippen molar-refractivity contribution in [2.24, 2.45) is 0 Å². The number of hydrogen-bond acceptors (Lipinski definition) is 2. The maximum Gasteiger partial charge on any atom is 0.0271 e. The Hall–Kier alpha value is -1.38. The van der Waals surface area contributed by atoms with Crippen molar-refractivity contribution >= 4 is 12.4 Å². The lowest BCUT2D eigenvalue weighted by molar-refractivity contribution is 0.692. The second kappa shape index (κ2) is 7.85. The smallest absolute Gasteiger partial charge is 0.0271 e. The average molecular weight is 263 g/mol. The molecule has 18 heavy (non-hydrogen) atoms. The normalized spacial score (nSPS) is 9.83. The molecule has 0 aliphatic carbocycles. The maximum atomic E-state index is 4.00. The van der Waals surface area contributed by atoms with Gasteiger partial charge < -0.3 is 5.32 Å². The Morgan fingerprint density at radius 3 is 1.89 bits per heavy atom. The number of aryl methyl sites for hydroxylation is 1. The molecule has 0 bridgehead atoms. The van der Waals surface area contributed by atoms with E-state index in [2.05, 4.69) is 41.5 Å². The molecule has 0 spiro atoms. The first-order valence-electron chi connectivity index (χ1n) is 6.06. The van der Waals surface area contributed by atoms with Crippen LogP contribution in [0.4, 0.5) is 0 Å². The third-order valence-electron chi connectivity index (χ3n) is 2.84. The molecule has 2 rings (SSSR count). The predicted octanol–water partition coefficient (Wildman–Crippen LogP) is 3.36. The van der Waals surface area contributed by atoms with Gasteiger partial charge in [0.2, 0.25) is 0 Å². The van der Waals surface area contributed by atoms with Crippen LogP contribution in [0, 0.1) is 0 Å². The highest BCUT2D eigenvalue weighted by molar-refractivity contribution is 5.85. The quantitative estimate of drug-likeness (QED) is 0.894. The number of aromatic nitrogens is 1. The number of halogens is 1. The van der Waals surface area contributed by atoms with Crippen LogP contribution in [-0.4, -0.2) is 4.98 Å². The second-order valence-electron chi connectivity index (χ2n) is 4.13. The standard InChI is InChI=1S/C15H18N2.ClH/c1-2-13-3-5-14(6-4-13)11-17-12-15-7-9-16-10-8-15;/h3-10,17H,2,11-12H2,1H3;1H. The van der Waals surface area contributed by atoms with Gasteiger partial charge in [0.25, 0.3) is 0 Å². The molecule has 1 aromatic carbocycles. The van der Waals surface area contributed by atoms with Gasteiger partial charge in [-0.15, -0.1) is 12.4 Å². The summed E-state index contributed by atoms with van der Waals surface area (Å²) >= 11 is 0. The van der Waals surface area contributed by atoms with Crippen molar-refractivity contribution in [2.45, 2.75) is 26.4 Å². The van der Waals surface area contributed by atoms with Gasteiger partial charge in [0, 0.05) is 25.5 Å². The summed E-state index contributed by atoms with van der Waals surface area (Å²) in [7, 11) is 0. The first kappa shape index (κ1) is 14.7. The van der Waals surface area contributed by atoms with Crippen LogP contribution in [0.2, 0.25) is 0 Å². The largest absolute Gasteiger partial charge is 0.309 e. The third-order valence-corrected chi connectivity index (χ3v) is 2.84. The fourth-order valence-corrected chi connectivity index (χ4v) is 1.74. The molecule has 0 radical (unpaired) electrons. The van der Waals surface area contributed by atoms with Gasteiger partial charge in [0.15, 0.2) is 0 Å². The fraction of sp³-hybridized carbons (Fsp3) is 0.267. The lowest BCUT2D eigenvalue weighted by Crippen LogP contribution is -2.12. The molecule has 0 aliphatic rings. The van der Waals surface area contributed by atoms with E-state index >= 15 is 0 Å². The monoisotopic (exact) mass is 262 g/mol. The van der Waals surface area contributed by atoms with Gasteiger partial charge in [-0.1, -0.05) is 31.2 Å². The van der Waals surface area contributed by atoms with Crippen LogP contribution in [0.15, 0.2) is 48.8 Å². The second-order valence-corrected chi connectivity index (χ2v) is 4.13. The van der Waals surface area contributed by atoms with E-state index in [1.807, 2.05) is 24.5 Å². The summed E-state index contributed by atoms with van der Waals surface area (Å²) in [6.07, 6.45) is 4.75. The molecule has 0 saturated carbocycles. The SMILES string of the molecule is CCc1ccc(CNCc2ccncc2)cc1.Cl. The first-order chi connectivity index (χ1) is 8.38. The van der Waals surface area contributed by atoms with E-state index in [4.69, 9.17) is 0 Å². The van der Waals surface area contributed by atoms with E-state index in [1.54, 1.807) is 0 Å². The van der Waals surface area contributed by atoms with Gasteiger partial charge in [-0.05, 0) is 35.2 Å². The van der Waals surface area contributed by atoms with E-state index in [0.29, 0.717) is 0 Å². The molecule has 0 fully saturated rings. The maximum absolute atomic E-state index is 4.00. The minimum Gasteiger partial charge on any atom is -0.309 e. The van der Waals surface area contributed by atoms with E-state index in [0.717, 1.165) is 19.5 Å². The van der Waals surface area contributed by atoms with Crippen molar-refractivity contribution in [1.29, 1.82) is 0 Å². The molecule has 96 valence electrons. The van der Waals surface area contributed by atoms with Crippen molar-refractivity contribution in [3.05, 3.63) is 65.5 Å². The highest BCUT2D eigenvalue weighted by atomic mass is 35.5. The zero-order chi connectivity index (χ0) is 11.9. The summed E-state index contributed by atoms with van der Waals surface area (Å²) in [5.74, 6) is 0. The number of rotatable bonds is 5. The molecule has 0 unspecified atom stereocenters. The zero-order valence-corrected chi connectivity index (χ0v) is 11.4.